The van der Waals surface area contributed by atoms with Crippen LogP contribution in [0.2, 0.25) is 0 Å². The van der Waals surface area contributed by atoms with Crippen molar-refractivity contribution in [3.05, 3.63) is 0 Å². The fraction of sp³-hybridized carbons (Fsp3) is 0. The first kappa shape index (κ1) is 18.7. The van der Waals surface area contributed by atoms with Crippen LogP contribution in [0.25, 0.3) is 0 Å². The summed E-state index contributed by atoms with van der Waals surface area (Å²) < 4.78 is 0. The summed E-state index contributed by atoms with van der Waals surface area (Å²) >= 11 is 0. The summed E-state index contributed by atoms with van der Waals surface area (Å²) in [5.41, 5.74) is 0. The van der Waals surface area contributed by atoms with Crippen molar-refractivity contribution in [2.45, 2.75) is 0 Å². The van der Waals surface area contributed by atoms with Crippen LogP contribution in [0.1, 0.15) is 0 Å². The largest absolute Gasteiger partial charge is 0.373 e. The number of carbonyl (C=O) groups excluding carboxylic acids is 2. The van der Waals surface area contributed by atoms with Crippen molar-refractivity contribution < 1.29 is 9.59 Å². The van der Waals surface area contributed by atoms with E-state index < -0.39 is 0 Å². The molecule has 5 heavy (non-hydrogen) atoms. The van der Waals surface area contributed by atoms with Gasteiger partial charge in [-0.25, -0.2) is 0 Å². The third kappa shape index (κ3) is 318. The molecule has 0 aromatic rings. The molecule has 3 N–H and O–H groups in total. The summed E-state index contributed by atoms with van der Waals surface area (Å²) in [5.74, 6) is 0. The Morgan fingerprint density at radius 1 is 1.20 bits per heavy atom. The quantitative estimate of drug-likeness (QED) is 0.585. The Morgan fingerprint density at radius 3 is 1.20 bits per heavy atom. The van der Waals surface area contributed by atoms with Crippen LogP contribution in [0.15, 0.2) is 0 Å². The average molecular weight is 268 g/mol. The van der Waals surface area contributed by atoms with Crippen molar-refractivity contribution in [3.63, 3.8) is 0 Å². The van der Waals surface area contributed by atoms with Gasteiger partial charge in [0.15, 0.2) is 0 Å². The van der Waals surface area contributed by atoms with Crippen LogP contribution in [0.4, 0.5) is 0 Å². The zero-order chi connectivity index (χ0) is 2.71. The molecule has 0 rings (SSSR count). The van der Waals surface area contributed by atoms with Gasteiger partial charge < -0.3 is 6.15 Å². The van der Waals surface area contributed by atoms with E-state index in [2.05, 4.69) is 0 Å². The molecule has 0 aliphatic carbocycles. The van der Waals surface area contributed by atoms with Gasteiger partial charge in [-0.05, 0) is 0 Å². The van der Waals surface area contributed by atoms with Crippen molar-refractivity contribution in [1.82, 2.24) is 6.15 Å². The standard InChI is InChI=1S/CO2.H3N.Pb/c2-1-3;;/h;1H3;. The van der Waals surface area contributed by atoms with Gasteiger partial charge >= 0.3 is 6.15 Å². The van der Waals surface area contributed by atoms with Crippen LogP contribution in [-0.2, 0) is 9.59 Å². The van der Waals surface area contributed by atoms with E-state index in [1.807, 2.05) is 0 Å². The van der Waals surface area contributed by atoms with Crippen molar-refractivity contribution >= 4 is 33.5 Å². The number of hydrogen-bond donors (Lipinski definition) is 1. The van der Waals surface area contributed by atoms with E-state index in [1.54, 1.807) is 0 Å². The Labute approximate surface area is 49.5 Å². The van der Waals surface area contributed by atoms with E-state index in [4.69, 9.17) is 9.59 Å². The molecular weight excluding hydrogens is 265 g/mol. The van der Waals surface area contributed by atoms with Gasteiger partial charge in [0.2, 0.25) is 0 Å². The van der Waals surface area contributed by atoms with E-state index in [9.17, 15) is 0 Å². The van der Waals surface area contributed by atoms with Crippen LogP contribution < -0.4 is 6.15 Å². The van der Waals surface area contributed by atoms with Gasteiger partial charge in [0.05, 0.1) is 0 Å². The third-order valence-corrected chi connectivity index (χ3v) is 0. The van der Waals surface area contributed by atoms with E-state index in [1.165, 1.54) is 0 Å². The van der Waals surface area contributed by atoms with Gasteiger partial charge in [0, 0.05) is 27.3 Å². The zero-order valence-corrected chi connectivity index (χ0v) is 6.41. The molecule has 0 aromatic heterocycles. The Hall–Kier alpha value is 0.262. The van der Waals surface area contributed by atoms with Crippen LogP contribution >= 0.6 is 0 Å². The predicted octanol–water partition coefficient (Wildman–Crippen LogP) is -0.802. The number of rotatable bonds is 0. The summed E-state index contributed by atoms with van der Waals surface area (Å²) in [5, 5.41) is 0. The molecule has 4 heteroatoms. The van der Waals surface area contributed by atoms with Gasteiger partial charge in [0.25, 0.3) is 0 Å². The minimum atomic E-state index is 0. The first-order valence-corrected chi connectivity index (χ1v) is 0.408. The molecule has 0 fully saturated rings. The minimum absolute atomic E-state index is 0. The molecule has 28 valence electrons. The Balaban J connectivity index is -0.0000000200. The zero-order valence-electron chi connectivity index (χ0n) is 2.52. The molecule has 4 radical (unpaired) electrons. The molecule has 0 aliphatic rings. The molecule has 0 unspecified atom stereocenters. The monoisotopic (exact) mass is 269 g/mol. The summed E-state index contributed by atoms with van der Waals surface area (Å²) in [7, 11) is 0. The Morgan fingerprint density at radius 2 is 1.20 bits per heavy atom. The minimum Gasteiger partial charge on any atom is -0.344 e. The maximum absolute atomic E-state index is 8.12. The molecule has 0 aromatic carbocycles. The topological polar surface area (TPSA) is 69.1 Å². The predicted molar refractivity (Wildman–Crippen MR) is 15.8 cm³/mol. The van der Waals surface area contributed by atoms with Gasteiger partial charge in [0.1, 0.15) is 0 Å². The van der Waals surface area contributed by atoms with Gasteiger partial charge in [-0.2, -0.15) is 9.59 Å². The van der Waals surface area contributed by atoms with Crippen LogP contribution in [0.3, 0.4) is 0 Å². The molecule has 0 aliphatic heterocycles. The average Bonchev–Trinajstić information content (AvgIpc) is 0.918. The van der Waals surface area contributed by atoms with Crippen LogP contribution in [0.5, 0.6) is 0 Å². The second-order valence-electron chi connectivity index (χ2n) is 0.0833. The van der Waals surface area contributed by atoms with Crippen molar-refractivity contribution in [3.8, 4) is 0 Å². The van der Waals surface area contributed by atoms with Crippen molar-refractivity contribution in [2.24, 2.45) is 0 Å². The van der Waals surface area contributed by atoms with E-state index >= 15 is 0 Å². The molecule has 0 heterocycles. The maximum Gasteiger partial charge on any atom is 0.373 e. The Kier molecular flexibility index (Phi) is 106. The summed E-state index contributed by atoms with van der Waals surface area (Å²) in [6.45, 7) is 0. The van der Waals surface area contributed by atoms with Crippen molar-refractivity contribution in [2.75, 3.05) is 0 Å². The van der Waals surface area contributed by atoms with E-state index in [0.29, 0.717) is 0 Å². The first-order chi connectivity index (χ1) is 1.41. The molecule has 3 nitrogen and oxygen atoms in total. The molecule has 0 atom stereocenters. The molecule has 0 saturated heterocycles. The summed E-state index contributed by atoms with van der Waals surface area (Å²) in [6, 6.07) is 0. The van der Waals surface area contributed by atoms with E-state index in [-0.39, 0.29) is 39.6 Å². The second kappa shape index (κ2) is 28.5. The Bertz CT molecular complexity index is 30.6. The summed E-state index contributed by atoms with van der Waals surface area (Å²) in [6.07, 6.45) is 0.250. The SMILES string of the molecule is N.O=C=O.[Pb]. The maximum atomic E-state index is 8.12. The molecular formula is CH3NO2Pb. The first-order valence-electron chi connectivity index (χ1n) is 0.408. The van der Waals surface area contributed by atoms with Gasteiger partial charge in [-0.3, -0.25) is 0 Å². The van der Waals surface area contributed by atoms with Crippen LogP contribution in [-0.4, -0.2) is 33.5 Å². The summed E-state index contributed by atoms with van der Waals surface area (Å²) in [4.78, 5) is 16.2. The second-order valence-corrected chi connectivity index (χ2v) is 0.0833. The van der Waals surface area contributed by atoms with Crippen LogP contribution in [0, 0.1) is 0 Å². The third-order valence-electron chi connectivity index (χ3n) is 0. The normalized spacial score (nSPS) is 1.60. The van der Waals surface area contributed by atoms with E-state index in [0.717, 1.165) is 0 Å². The van der Waals surface area contributed by atoms with Gasteiger partial charge in [-0.15, -0.1) is 0 Å². The number of hydrogen-bond acceptors (Lipinski definition) is 3. The fourth-order valence-corrected chi connectivity index (χ4v) is 0. The fourth-order valence-electron chi connectivity index (χ4n) is 0. The van der Waals surface area contributed by atoms with Gasteiger partial charge in [-0.1, -0.05) is 0 Å². The van der Waals surface area contributed by atoms with Crippen molar-refractivity contribution in [1.29, 1.82) is 0 Å². The smallest absolute Gasteiger partial charge is 0.344 e. The molecule has 0 bridgehead atoms. The molecule has 0 amide bonds. The molecule has 0 saturated carbocycles. The molecule has 0 spiro atoms.